The van der Waals surface area contributed by atoms with E-state index in [1.807, 2.05) is 12.1 Å². The molecule has 0 spiro atoms. The van der Waals surface area contributed by atoms with Crippen LogP contribution in [0.4, 0.5) is 5.82 Å². The minimum absolute atomic E-state index is 0.190. The zero-order valence-corrected chi connectivity index (χ0v) is 10.6. The van der Waals surface area contributed by atoms with Crippen molar-refractivity contribution < 1.29 is 0 Å². The first-order valence-corrected chi connectivity index (χ1v) is 5.79. The van der Waals surface area contributed by atoms with Gasteiger partial charge >= 0.3 is 0 Å². The van der Waals surface area contributed by atoms with Gasteiger partial charge in [-0.25, -0.2) is 4.98 Å². The van der Waals surface area contributed by atoms with Crippen LogP contribution in [-0.4, -0.2) is 4.98 Å². The standard InChI is InChI=1S/C15H18N2/c1-15(2,3)13-6-4-11(5-7-13)12-8-9-17-14(16)10-12/h4-10H,1-3H3,(H2,16,17). The first-order valence-electron chi connectivity index (χ1n) is 5.79. The highest BCUT2D eigenvalue weighted by Crippen LogP contribution is 2.26. The first kappa shape index (κ1) is 11.6. The molecule has 0 aliphatic rings. The smallest absolute Gasteiger partial charge is 0.123 e. The highest BCUT2D eigenvalue weighted by Gasteiger charge is 2.12. The summed E-state index contributed by atoms with van der Waals surface area (Å²) in [5.74, 6) is 0.558. The number of rotatable bonds is 1. The van der Waals surface area contributed by atoms with Gasteiger partial charge in [-0.1, -0.05) is 45.0 Å². The largest absolute Gasteiger partial charge is 0.384 e. The van der Waals surface area contributed by atoms with Gasteiger partial charge in [0.25, 0.3) is 0 Å². The Bertz CT molecular complexity index is 507. The molecule has 2 heteroatoms. The maximum absolute atomic E-state index is 5.68. The summed E-state index contributed by atoms with van der Waals surface area (Å²) >= 11 is 0. The molecule has 88 valence electrons. The predicted molar refractivity (Wildman–Crippen MR) is 72.8 cm³/mol. The van der Waals surface area contributed by atoms with Crippen LogP contribution in [0.5, 0.6) is 0 Å². The molecule has 0 saturated carbocycles. The number of nitrogens with zero attached hydrogens (tertiary/aromatic N) is 1. The van der Waals surface area contributed by atoms with E-state index in [1.165, 1.54) is 11.1 Å². The Morgan fingerprint density at radius 2 is 1.59 bits per heavy atom. The van der Waals surface area contributed by atoms with Gasteiger partial charge in [0, 0.05) is 6.20 Å². The fourth-order valence-corrected chi connectivity index (χ4v) is 1.79. The van der Waals surface area contributed by atoms with E-state index >= 15 is 0 Å². The third kappa shape index (κ3) is 2.64. The summed E-state index contributed by atoms with van der Waals surface area (Å²) in [7, 11) is 0. The summed E-state index contributed by atoms with van der Waals surface area (Å²) in [5, 5.41) is 0. The molecule has 0 saturated heterocycles. The molecule has 17 heavy (non-hydrogen) atoms. The molecule has 2 nitrogen and oxygen atoms in total. The minimum atomic E-state index is 0.190. The van der Waals surface area contributed by atoms with E-state index in [0.29, 0.717) is 5.82 Å². The van der Waals surface area contributed by atoms with Crippen molar-refractivity contribution in [2.45, 2.75) is 26.2 Å². The SMILES string of the molecule is CC(C)(C)c1ccc(-c2ccnc(N)c2)cc1. The molecule has 2 N–H and O–H groups in total. The van der Waals surface area contributed by atoms with Crippen LogP contribution < -0.4 is 5.73 Å². The molecule has 2 rings (SSSR count). The summed E-state index contributed by atoms with van der Waals surface area (Å²) in [6, 6.07) is 12.5. The van der Waals surface area contributed by atoms with E-state index in [0.717, 1.165) is 5.56 Å². The topological polar surface area (TPSA) is 38.9 Å². The van der Waals surface area contributed by atoms with Gasteiger partial charge in [-0.15, -0.1) is 0 Å². The molecule has 0 bridgehead atoms. The quantitative estimate of drug-likeness (QED) is 0.806. The van der Waals surface area contributed by atoms with Crippen LogP contribution in [0.3, 0.4) is 0 Å². The van der Waals surface area contributed by atoms with Crippen molar-refractivity contribution in [3.63, 3.8) is 0 Å². The van der Waals surface area contributed by atoms with Crippen molar-refractivity contribution in [1.29, 1.82) is 0 Å². The lowest BCUT2D eigenvalue weighted by atomic mass is 9.86. The van der Waals surface area contributed by atoms with E-state index in [9.17, 15) is 0 Å². The van der Waals surface area contributed by atoms with Gasteiger partial charge in [0.05, 0.1) is 0 Å². The molecule has 0 radical (unpaired) electrons. The van der Waals surface area contributed by atoms with E-state index in [1.54, 1.807) is 6.20 Å². The Balaban J connectivity index is 2.36. The monoisotopic (exact) mass is 226 g/mol. The average Bonchev–Trinajstić information content (AvgIpc) is 2.28. The maximum Gasteiger partial charge on any atom is 0.123 e. The predicted octanol–water partition coefficient (Wildman–Crippen LogP) is 3.63. The number of aromatic nitrogens is 1. The number of nitrogens with two attached hydrogens (primary N) is 1. The lowest BCUT2D eigenvalue weighted by Crippen LogP contribution is -2.10. The Morgan fingerprint density at radius 3 is 2.12 bits per heavy atom. The molecule has 1 heterocycles. The van der Waals surface area contributed by atoms with Gasteiger partial charge in [-0.05, 0) is 34.2 Å². The summed E-state index contributed by atoms with van der Waals surface area (Å²) in [4.78, 5) is 4.00. The number of nitrogen functional groups attached to an aromatic ring is 1. The van der Waals surface area contributed by atoms with Crippen LogP contribution >= 0.6 is 0 Å². The Labute approximate surface area is 103 Å². The first-order chi connectivity index (χ1) is 7.97. The highest BCUT2D eigenvalue weighted by atomic mass is 14.8. The maximum atomic E-state index is 5.68. The molecule has 0 unspecified atom stereocenters. The van der Waals surface area contributed by atoms with E-state index < -0.39 is 0 Å². The number of hydrogen-bond acceptors (Lipinski definition) is 2. The average molecular weight is 226 g/mol. The van der Waals surface area contributed by atoms with Crippen molar-refractivity contribution >= 4 is 5.82 Å². The molecule has 2 aromatic rings. The normalized spacial score (nSPS) is 11.5. The Hall–Kier alpha value is -1.83. The van der Waals surface area contributed by atoms with E-state index in [-0.39, 0.29) is 5.41 Å². The van der Waals surface area contributed by atoms with Crippen molar-refractivity contribution in [3.05, 3.63) is 48.2 Å². The molecule has 0 atom stereocenters. The lowest BCUT2D eigenvalue weighted by Gasteiger charge is -2.19. The van der Waals surface area contributed by atoms with Crippen molar-refractivity contribution in [2.24, 2.45) is 0 Å². The summed E-state index contributed by atoms with van der Waals surface area (Å²) in [6.45, 7) is 6.64. The Morgan fingerprint density at radius 1 is 0.941 bits per heavy atom. The van der Waals surface area contributed by atoms with Crippen LogP contribution in [0.25, 0.3) is 11.1 Å². The van der Waals surface area contributed by atoms with Crippen molar-refractivity contribution in [1.82, 2.24) is 4.98 Å². The number of benzene rings is 1. The van der Waals surface area contributed by atoms with Gasteiger partial charge < -0.3 is 5.73 Å². The van der Waals surface area contributed by atoms with Gasteiger partial charge in [0.1, 0.15) is 5.82 Å². The molecule has 1 aromatic heterocycles. The number of hydrogen-bond donors (Lipinski definition) is 1. The molecular weight excluding hydrogens is 208 g/mol. The summed E-state index contributed by atoms with van der Waals surface area (Å²) in [5.41, 5.74) is 9.49. The molecule has 0 aliphatic carbocycles. The van der Waals surface area contributed by atoms with Crippen LogP contribution in [0, 0.1) is 0 Å². The van der Waals surface area contributed by atoms with Crippen LogP contribution in [0.2, 0.25) is 0 Å². The number of pyridine rings is 1. The molecule has 0 aliphatic heterocycles. The third-order valence-corrected chi connectivity index (χ3v) is 2.87. The molecule has 0 amide bonds. The summed E-state index contributed by atoms with van der Waals surface area (Å²) < 4.78 is 0. The highest BCUT2D eigenvalue weighted by molar-refractivity contribution is 5.66. The van der Waals surface area contributed by atoms with Gasteiger partial charge in [-0.3, -0.25) is 0 Å². The van der Waals surface area contributed by atoms with E-state index in [2.05, 4.69) is 50.0 Å². The van der Waals surface area contributed by atoms with Crippen LogP contribution in [-0.2, 0) is 5.41 Å². The van der Waals surface area contributed by atoms with Gasteiger partial charge in [0.15, 0.2) is 0 Å². The van der Waals surface area contributed by atoms with E-state index in [4.69, 9.17) is 5.73 Å². The molecule has 1 aromatic carbocycles. The van der Waals surface area contributed by atoms with Crippen LogP contribution in [0.1, 0.15) is 26.3 Å². The zero-order chi connectivity index (χ0) is 12.5. The van der Waals surface area contributed by atoms with Crippen LogP contribution in [0.15, 0.2) is 42.6 Å². The summed E-state index contributed by atoms with van der Waals surface area (Å²) in [6.07, 6.45) is 1.74. The second-order valence-corrected chi connectivity index (χ2v) is 5.30. The fraction of sp³-hybridized carbons (Fsp3) is 0.267. The lowest BCUT2D eigenvalue weighted by molar-refractivity contribution is 0.590. The minimum Gasteiger partial charge on any atom is -0.384 e. The molecule has 0 fully saturated rings. The van der Waals surface area contributed by atoms with Crippen molar-refractivity contribution in [2.75, 3.05) is 5.73 Å². The second kappa shape index (κ2) is 4.21. The molecular formula is C15H18N2. The zero-order valence-electron chi connectivity index (χ0n) is 10.6. The second-order valence-electron chi connectivity index (χ2n) is 5.30. The Kier molecular flexibility index (Phi) is 2.88. The van der Waals surface area contributed by atoms with Gasteiger partial charge in [-0.2, -0.15) is 0 Å². The van der Waals surface area contributed by atoms with Crippen molar-refractivity contribution in [3.8, 4) is 11.1 Å². The fourth-order valence-electron chi connectivity index (χ4n) is 1.79. The third-order valence-electron chi connectivity index (χ3n) is 2.87. The van der Waals surface area contributed by atoms with Gasteiger partial charge in [0.2, 0.25) is 0 Å². The number of anilines is 1.